The maximum atomic E-state index is 13.1. The number of hydrogen-bond donors (Lipinski definition) is 1. The van der Waals surface area contributed by atoms with Crippen molar-refractivity contribution in [1.82, 2.24) is 10.2 Å². The van der Waals surface area contributed by atoms with E-state index in [4.69, 9.17) is 16.3 Å². The Morgan fingerprint density at radius 2 is 1.90 bits per heavy atom. The van der Waals surface area contributed by atoms with E-state index >= 15 is 0 Å². The average molecular weight is 496 g/mol. The van der Waals surface area contributed by atoms with E-state index in [1.54, 1.807) is 19.1 Å². The van der Waals surface area contributed by atoms with Crippen LogP contribution in [0.3, 0.4) is 0 Å². The maximum Gasteiger partial charge on any atom is 0.261 e. The number of aryl methyl sites for hydroxylation is 1. The van der Waals surface area contributed by atoms with Crippen LogP contribution in [0, 0.1) is 6.92 Å². The molecule has 0 saturated carbocycles. The maximum absolute atomic E-state index is 13.1. The quantitative estimate of drug-likeness (QED) is 0.525. The van der Waals surface area contributed by atoms with Crippen LogP contribution >= 0.6 is 27.5 Å². The number of carbonyl (C=O) groups excluding carboxylic acids is 2. The highest BCUT2D eigenvalue weighted by Gasteiger charge is 2.27. The minimum absolute atomic E-state index is 0.0270. The van der Waals surface area contributed by atoms with E-state index in [0.29, 0.717) is 10.8 Å². The summed E-state index contributed by atoms with van der Waals surface area (Å²) in [5, 5.41) is 3.49. The van der Waals surface area contributed by atoms with Gasteiger partial charge in [0.2, 0.25) is 5.91 Å². The van der Waals surface area contributed by atoms with E-state index in [1.807, 2.05) is 51.1 Å². The monoisotopic (exact) mass is 494 g/mol. The summed E-state index contributed by atoms with van der Waals surface area (Å²) in [4.78, 5) is 27.3. The van der Waals surface area contributed by atoms with Crippen molar-refractivity contribution in [1.29, 1.82) is 0 Å². The number of benzene rings is 2. The number of carbonyl (C=O) groups is 2. The van der Waals surface area contributed by atoms with Crippen molar-refractivity contribution in [2.75, 3.05) is 6.61 Å². The molecular formula is C23H28BrClN2O3. The zero-order valence-electron chi connectivity index (χ0n) is 17.7. The second kappa shape index (κ2) is 11.4. The molecule has 5 nitrogen and oxygen atoms in total. The molecule has 7 heteroatoms. The number of amides is 2. The first-order valence-electron chi connectivity index (χ1n) is 9.95. The molecule has 0 spiro atoms. The van der Waals surface area contributed by atoms with E-state index in [9.17, 15) is 9.59 Å². The second-order valence-corrected chi connectivity index (χ2v) is 8.57. The lowest BCUT2D eigenvalue weighted by Crippen LogP contribution is -2.50. The van der Waals surface area contributed by atoms with Crippen LogP contribution in [0.5, 0.6) is 5.75 Å². The average Bonchev–Trinajstić information content (AvgIpc) is 2.73. The van der Waals surface area contributed by atoms with E-state index in [0.717, 1.165) is 22.0 Å². The minimum Gasteiger partial charge on any atom is -0.484 e. The van der Waals surface area contributed by atoms with E-state index in [-0.39, 0.29) is 31.0 Å². The first-order valence-corrected chi connectivity index (χ1v) is 11.1. The molecule has 0 aliphatic rings. The van der Waals surface area contributed by atoms with Gasteiger partial charge in [-0.05, 0) is 62.6 Å². The predicted molar refractivity (Wildman–Crippen MR) is 124 cm³/mol. The third-order valence-electron chi connectivity index (χ3n) is 4.96. The third-order valence-corrected chi connectivity index (χ3v) is 6.22. The zero-order valence-corrected chi connectivity index (χ0v) is 20.1. The van der Waals surface area contributed by atoms with Gasteiger partial charge in [0.15, 0.2) is 6.61 Å². The Morgan fingerprint density at radius 1 is 1.20 bits per heavy atom. The smallest absolute Gasteiger partial charge is 0.261 e. The molecule has 30 heavy (non-hydrogen) atoms. The van der Waals surface area contributed by atoms with Gasteiger partial charge in [-0.2, -0.15) is 0 Å². The normalized spacial score (nSPS) is 12.7. The number of nitrogens with one attached hydrogen (secondary N) is 1. The van der Waals surface area contributed by atoms with Gasteiger partial charge < -0.3 is 15.0 Å². The van der Waals surface area contributed by atoms with Crippen LogP contribution in [-0.4, -0.2) is 35.4 Å². The summed E-state index contributed by atoms with van der Waals surface area (Å²) in [6.07, 6.45) is 0.808. The topological polar surface area (TPSA) is 58.6 Å². The molecule has 0 aromatic heterocycles. The molecule has 2 aromatic rings. The SMILES string of the molecule is CC[C@H](C)NC(=O)[C@H](C)N(Cc1ccccc1Cl)C(=O)COc1ccc(Br)c(C)c1. The van der Waals surface area contributed by atoms with Crippen LogP contribution in [0.2, 0.25) is 5.02 Å². The van der Waals surface area contributed by atoms with E-state index < -0.39 is 6.04 Å². The van der Waals surface area contributed by atoms with Crippen LogP contribution in [0.15, 0.2) is 46.9 Å². The van der Waals surface area contributed by atoms with Gasteiger partial charge >= 0.3 is 0 Å². The van der Waals surface area contributed by atoms with Gasteiger partial charge in [0.1, 0.15) is 11.8 Å². The van der Waals surface area contributed by atoms with Crippen molar-refractivity contribution >= 4 is 39.3 Å². The molecule has 0 saturated heterocycles. The lowest BCUT2D eigenvalue weighted by Gasteiger charge is -2.30. The predicted octanol–water partition coefficient (Wildman–Crippen LogP) is 5.12. The molecule has 0 bridgehead atoms. The highest BCUT2D eigenvalue weighted by atomic mass is 79.9. The van der Waals surface area contributed by atoms with Gasteiger partial charge in [-0.3, -0.25) is 9.59 Å². The van der Waals surface area contributed by atoms with E-state index in [1.165, 1.54) is 4.90 Å². The van der Waals surface area contributed by atoms with Crippen LogP contribution in [-0.2, 0) is 16.1 Å². The minimum atomic E-state index is -0.668. The Bertz CT molecular complexity index is 891. The van der Waals surface area contributed by atoms with Crippen molar-refractivity contribution in [3.63, 3.8) is 0 Å². The number of ether oxygens (including phenoxy) is 1. The highest BCUT2D eigenvalue weighted by Crippen LogP contribution is 2.22. The Hall–Kier alpha value is -2.05. The molecule has 0 fully saturated rings. The van der Waals surface area contributed by atoms with Crippen LogP contribution in [0.25, 0.3) is 0 Å². The van der Waals surface area contributed by atoms with Crippen molar-refractivity contribution in [3.05, 3.63) is 63.1 Å². The molecule has 2 aromatic carbocycles. The molecule has 2 rings (SSSR count). The molecule has 162 valence electrons. The molecule has 1 N–H and O–H groups in total. The van der Waals surface area contributed by atoms with Gasteiger partial charge in [0, 0.05) is 22.1 Å². The highest BCUT2D eigenvalue weighted by molar-refractivity contribution is 9.10. The van der Waals surface area contributed by atoms with Crippen molar-refractivity contribution in [3.8, 4) is 5.75 Å². The lowest BCUT2D eigenvalue weighted by molar-refractivity contribution is -0.142. The molecular weight excluding hydrogens is 468 g/mol. The fourth-order valence-corrected chi connectivity index (χ4v) is 3.24. The summed E-state index contributed by atoms with van der Waals surface area (Å²) in [5.41, 5.74) is 1.78. The molecule has 0 aliphatic heterocycles. The Labute approximate surface area is 191 Å². The van der Waals surface area contributed by atoms with E-state index in [2.05, 4.69) is 21.2 Å². The van der Waals surface area contributed by atoms with Crippen LogP contribution < -0.4 is 10.1 Å². The standard InChI is InChI=1S/C23H28BrClN2O3/c1-5-16(3)26-23(29)17(4)27(13-18-8-6-7-9-21(18)25)22(28)14-30-19-10-11-20(24)15(2)12-19/h6-12,16-17H,5,13-14H2,1-4H3,(H,26,29)/t16-,17-/m0/s1. The van der Waals surface area contributed by atoms with Gasteiger partial charge in [0.25, 0.3) is 5.91 Å². The number of nitrogens with zero attached hydrogens (tertiary/aromatic N) is 1. The van der Waals surface area contributed by atoms with Gasteiger partial charge in [-0.25, -0.2) is 0 Å². The van der Waals surface area contributed by atoms with Gasteiger partial charge in [-0.15, -0.1) is 0 Å². The number of hydrogen-bond acceptors (Lipinski definition) is 3. The molecule has 0 unspecified atom stereocenters. The zero-order chi connectivity index (χ0) is 22.3. The molecule has 0 radical (unpaired) electrons. The molecule has 2 atom stereocenters. The summed E-state index contributed by atoms with van der Waals surface area (Å²) in [6.45, 7) is 7.64. The summed E-state index contributed by atoms with van der Waals surface area (Å²) in [7, 11) is 0. The first kappa shape index (κ1) is 24.2. The van der Waals surface area contributed by atoms with Gasteiger partial charge in [-0.1, -0.05) is 52.7 Å². The summed E-state index contributed by atoms with van der Waals surface area (Å²) in [5.74, 6) is 0.102. The summed E-state index contributed by atoms with van der Waals surface area (Å²) >= 11 is 9.74. The summed E-state index contributed by atoms with van der Waals surface area (Å²) < 4.78 is 6.68. The van der Waals surface area contributed by atoms with Crippen molar-refractivity contribution in [2.24, 2.45) is 0 Å². The molecule has 0 aliphatic carbocycles. The fraction of sp³-hybridized carbons (Fsp3) is 0.391. The third kappa shape index (κ3) is 6.74. The largest absolute Gasteiger partial charge is 0.484 e. The molecule has 2 amide bonds. The second-order valence-electron chi connectivity index (χ2n) is 7.31. The Morgan fingerprint density at radius 3 is 2.53 bits per heavy atom. The fourth-order valence-electron chi connectivity index (χ4n) is 2.79. The van der Waals surface area contributed by atoms with Crippen molar-refractivity contribution in [2.45, 2.75) is 52.7 Å². The Kier molecular flexibility index (Phi) is 9.18. The molecule has 0 heterocycles. The lowest BCUT2D eigenvalue weighted by atomic mass is 10.1. The van der Waals surface area contributed by atoms with Crippen LogP contribution in [0.1, 0.15) is 38.3 Å². The summed E-state index contributed by atoms with van der Waals surface area (Å²) in [6, 6.07) is 12.2. The first-order chi connectivity index (χ1) is 14.2. The number of rotatable bonds is 9. The number of halogens is 2. The van der Waals surface area contributed by atoms with Crippen LogP contribution in [0.4, 0.5) is 0 Å². The van der Waals surface area contributed by atoms with Crippen molar-refractivity contribution < 1.29 is 14.3 Å². The Balaban J connectivity index is 2.18. The van der Waals surface area contributed by atoms with Gasteiger partial charge in [0.05, 0.1) is 0 Å².